The maximum Gasteiger partial charge on any atom is 0.167 e. The molecule has 1 atom stereocenters. The van der Waals surface area contributed by atoms with E-state index in [0.29, 0.717) is 6.10 Å². The molecule has 0 spiro atoms. The molecular weight excluding hydrogens is 198 g/mol. The Balaban J connectivity index is 1.79. The Bertz CT molecular complexity index is 283. The van der Waals surface area contributed by atoms with E-state index in [1.165, 1.54) is 0 Å². The highest BCUT2D eigenvalue weighted by molar-refractivity contribution is 7.99. The lowest BCUT2D eigenvalue weighted by Crippen LogP contribution is -2.39. The summed E-state index contributed by atoms with van der Waals surface area (Å²) in [6.07, 6.45) is 4.11. The maximum absolute atomic E-state index is 5.60. The maximum atomic E-state index is 5.60. The summed E-state index contributed by atoms with van der Waals surface area (Å²) in [6, 6.07) is 0. The van der Waals surface area contributed by atoms with Crippen LogP contribution in [0.5, 0.6) is 0 Å². The molecule has 0 bridgehead atoms. The summed E-state index contributed by atoms with van der Waals surface area (Å²) in [5.41, 5.74) is 0. The van der Waals surface area contributed by atoms with Crippen molar-refractivity contribution in [3.8, 4) is 0 Å². The van der Waals surface area contributed by atoms with Gasteiger partial charge in [0.15, 0.2) is 5.16 Å². The van der Waals surface area contributed by atoms with Gasteiger partial charge < -0.3 is 14.6 Å². The quantitative estimate of drug-likeness (QED) is 0.742. The Morgan fingerprint density at radius 2 is 2.71 bits per heavy atom. The molecule has 1 aliphatic rings. The Labute approximate surface area is 88.0 Å². The smallest absolute Gasteiger partial charge is 0.167 e. The molecule has 1 aromatic heterocycles. The SMILES string of the molecule is Cn1ccnc1SCC1CNCCO1. The van der Waals surface area contributed by atoms with Gasteiger partial charge in [0.1, 0.15) is 0 Å². The van der Waals surface area contributed by atoms with Gasteiger partial charge in [-0.25, -0.2) is 4.98 Å². The third kappa shape index (κ3) is 2.50. The number of nitrogens with one attached hydrogen (secondary N) is 1. The number of ether oxygens (including phenoxy) is 1. The van der Waals surface area contributed by atoms with Crippen LogP contribution < -0.4 is 5.32 Å². The predicted octanol–water partition coefficient (Wildman–Crippen LogP) is 0.501. The Kier molecular flexibility index (Phi) is 3.44. The van der Waals surface area contributed by atoms with E-state index in [1.807, 2.05) is 24.0 Å². The highest BCUT2D eigenvalue weighted by Crippen LogP contribution is 2.16. The van der Waals surface area contributed by atoms with Crippen molar-refractivity contribution < 1.29 is 4.74 Å². The first kappa shape index (κ1) is 10.0. The number of aryl methyl sites for hydroxylation is 1. The van der Waals surface area contributed by atoms with Crippen LogP contribution in [0.1, 0.15) is 0 Å². The third-order valence-corrected chi connectivity index (χ3v) is 3.37. The summed E-state index contributed by atoms with van der Waals surface area (Å²) >= 11 is 1.75. The summed E-state index contributed by atoms with van der Waals surface area (Å²) in [5.74, 6) is 0.970. The molecule has 1 N–H and O–H groups in total. The van der Waals surface area contributed by atoms with Gasteiger partial charge in [0.2, 0.25) is 0 Å². The fourth-order valence-electron chi connectivity index (χ4n) is 1.39. The van der Waals surface area contributed by atoms with Crippen LogP contribution in [0.25, 0.3) is 0 Å². The number of hydrogen-bond acceptors (Lipinski definition) is 4. The number of morpholine rings is 1. The van der Waals surface area contributed by atoms with Gasteiger partial charge in [0.25, 0.3) is 0 Å². The van der Waals surface area contributed by atoms with Crippen molar-refractivity contribution in [1.29, 1.82) is 0 Å². The van der Waals surface area contributed by atoms with Gasteiger partial charge in [-0.05, 0) is 0 Å². The van der Waals surface area contributed by atoms with Crippen molar-refractivity contribution in [2.45, 2.75) is 11.3 Å². The second-order valence-corrected chi connectivity index (χ2v) is 4.32. The van der Waals surface area contributed by atoms with E-state index in [1.54, 1.807) is 11.8 Å². The zero-order valence-corrected chi connectivity index (χ0v) is 9.09. The van der Waals surface area contributed by atoms with Crippen molar-refractivity contribution >= 4 is 11.8 Å². The molecule has 4 nitrogen and oxygen atoms in total. The average Bonchev–Trinajstić information content (AvgIpc) is 2.63. The number of imidazole rings is 1. The molecule has 0 aliphatic carbocycles. The van der Waals surface area contributed by atoms with E-state index in [4.69, 9.17) is 4.74 Å². The van der Waals surface area contributed by atoms with Gasteiger partial charge >= 0.3 is 0 Å². The molecule has 1 aromatic rings. The molecule has 1 aliphatic heterocycles. The molecule has 78 valence electrons. The minimum absolute atomic E-state index is 0.324. The highest BCUT2D eigenvalue weighted by Gasteiger charge is 2.14. The van der Waals surface area contributed by atoms with E-state index in [-0.39, 0.29) is 0 Å². The van der Waals surface area contributed by atoms with Crippen LogP contribution in [0.3, 0.4) is 0 Å². The number of aromatic nitrogens is 2. The second-order valence-electron chi connectivity index (χ2n) is 3.33. The Morgan fingerprint density at radius 1 is 1.79 bits per heavy atom. The third-order valence-electron chi connectivity index (χ3n) is 2.18. The molecular formula is C9H15N3OS. The molecule has 1 unspecified atom stereocenters. The summed E-state index contributed by atoms with van der Waals surface area (Å²) in [5, 5.41) is 4.37. The summed E-state index contributed by atoms with van der Waals surface area (Å²) < 4.78 is 7.62. The van der Waals surface area contributed by atoms with Crippen LogP contribution in [-0.2, 0) is 11.8 Å². The van der Waals surface area contributed by atoms with Crippen molar-refractivity contribution in [2.75, 3.05) is 25.4 Å². The van der Waals surface area contributed by atoms with Crippen molar-refractivity contribution in [3.05, 3.63) is 12.4 Å². The molecule has 0 aromatic carbocycles. The van der Waals surface area contributed by atoms with Gasteiger partial charge in [0, 0.05) is 38.3 Å². The van der Waals surface area contributed by atoms with Crippen LogP contribution in [0.4, 0.5) is 0 Å². The van der Waals surface area contributed by atoms with Crippen LogP contribution >= 0.6 is 11.8 Å². The van der Waals surface area contributed by atoms with Crippen LogP contribution in [0, 0.1) is 0 Å². The molecule has 1 saturated heterocycles. The number of hydrogen-bond donors (Lipinski definition) is 1. The normalized spacial score (nSPS) is 22.5. The largest absolute Gasteiger partial charge is 0.375 e. The lowest BCUT2D eigenvalue weighted by Gasteiger charge is -2.22. The molecule has 0 radical (unpaired) electrons. The predicted molar refractivity (Wildman–Crippen MR) is 56.5 cm³/mol. The number of rotatable bonds is 3. The van der Waals surface area contributed by atoms with Gasteiger partial charge in [-0.1, -0.05) is 11.8 Å². The summed E-state index contributed by atoms with van der Waals surface area (Å²) in [7, 11) is 2.01. The topological polar surface area (TPSA) is 39.1 Å². The van der Waals surface area contributed by atoms with E-state index < -0.39 is 0 Å². The first-order chi connectivity index (χ1) is 6.86. The van der Waals surface area contributed by atoms with Gasteiger partial charge in [-0.2, -0.15) is 0 Å². The molecule has 0 amide bonds. The molecule has 2 heterocycles. The van der Waals surface area contributed by atoms with Crippen molar-refractivity contribution in [2.24, 2.45) is 7.05 Å². The second kappa shape index (κ2) is 4.82. The molecule has 2 rings (SSSR count). The van der Waals surface area contributed by atoms with Gasteiger partial charge in [0.05, 0.1) is 12.7 Å². The summed E-state index contributed by atoms with van der Waals surface area (Å²) in [4.78, 5) is 4.25. The minimum atomic E-state index is 0.324. The van der Waals surface area contributed by atoms with Crippen LogP contribution in [0.15, 0.2) is 17.6 Å². The fraction of sp³-hybridized carbons (Fsp3) is 0.667. The first-order valence-electron chi connectivity index (χ1n) is 4.78. The summed E-state index contributed by atoms with van der Waals surface area (Å²) in [6.45, 7) is 2.76. The monoisotopic (exact) mass is 213 g/mol. The van der Waals surface area contributed by atoms with E-state index in [9.17, 15) is 0 Å². The van der Waals surface area contributed by atoms with Crippen LogP contribution in [-0.4, -0.2) is 41.1 Å². The van der Waals surface area contributed by atoms with E-state index >= 15 is 0 Å². The molecule has 5 heteroatoms. The van der Waals surface area contributed by atoms with Gasteiger partial charge in [-0.3, -0.25) is 0 Å². The number of thioether (sulfide) groups is 1. The van der Waals surface area contributed by atoms with Crippen molar-refractivity contribution in [3.63, 3.8) is 0 Å². The van der Waals surface area contributed by atoms with E-state index in [0.717, 1.165) is 30.6 Å². The van der Waals surface area contributed by atoms with Crippen LogP contribution in [0.2, 0.25) is 0 Å². The molecule has 1 fully saturated rings. The van der Waals surface area contributed by atoms with E-state index in [2.05, 4.69) is 10.3 Å². The average molecular weight is 213 g/mol. The standard InChI is InChI=1S/C9H15N3OS/c1-12-4-2-11-9(12)14-7-8-6-10-3-5-13-8/h2,4,8,10H,3,5-7H2,1H3. The zero-order valence-electron chi connectivity index (χ0n) is 8.27. The first-order valence-corrected chi connectivity index (χ1v) is 5.77. The fourth-order valence-corrected chi connectivity index (χ4v) is 2.33. The Morgan fingerprint density at radius 3 is 3.36 bits per heavy atom. The molecule has 0 saturated carbocycles. The number of nitrogens with zero attached hydrogens (tertiary/aromatic N) is 2. The highest BCUT2D eigenvalue weighted by atomic mass is 32.2. The zero-order chi connectivity index (χ0) is 9.80. The van der Waals surface area contributed by atoms with Crippen molar-refractivity contribution in [1.82, 2.24) is 14.9 Å². The van der Waals surface area contributed by atoms with Gasteiger partial charge in [-0.15, -0.1) is 0 Å². The lowest BCUT2D eigenvalue weighted by atomic mass is 10.3. The Hall–Kier alpha value is -0.520. The lowest BCUT2D eigenvalue weighted by molar-refractivity contribution is 0.0440. The molecule has 14 heavy (non-hydrogen) atoms. The minimum Gasteiger partial charge on any atom is -0.375 e.